The van der Waals surface area contributed by atoms with Crippen molar-refractivity contribution in [2.24, 2.45) is 10.2 Å². The van der Waals surface area contributed by atoms with E-state index >= 15 is 0 Å². The molecule has 0 saturated carbocycles. The number of ether oxygens (including phenoxy) is 2. The Bertz CT molecular complexity index is 868. The van der Waals surface area contributed by atoms with Gasteiger partial charge < -0.3 is 9.47 Å². The van der Waals surface area contributed by atoms with E-state index < -0.39 is 0 Å². The van der Waals surface area contributed by atoms with Crippen LogP contribution in [0, 0.1) is 0 Å². The molecule has 0 bridgehead atoms. The molecule has 1 atom stereocenters. The lowest BCUT2D eigenvalue weighted by molar-refractivity contribution is -0.126. The van der Waals surface area contributed by atoms with E-state index in [1.54, 1.807) is 25.3 Å². The standard InChI is InChI=1S/C20H21N3O3S/c1-14-19(24)23(13-15-7-5-4-6-8-15)20(27-14)22-21-12-16-9-10-17(25-2)18(11-16)26-3/h4-12,14H,13H2,1-3H3/b21-12-,22-20+/t14-/m1/s1. The van der Waals surface area contributed by atoms with Gasteiger partial charge in [-0.05, 0) is 36.2 Å². The highest BCUT2D eigenvalue weighted by atomic mass is 32.2. The molecule has 6 nitrogen and oxygen atoms in total. The second-order valence-corrected chi connectivity index (χ2v) is 7.22. The summed E-state index contributed by atoms with van der Waals surface area (Å²) < 4.78 is 10.5. The maximum atomic E-state index is 12.4. The molecule has 2 aromatic carbocycles. The molecular weight excluding hydrogens is 362 g/mol. The zero-order valence-corrected chi connectivity index (χ0v) is 16.3. The topological polar surface area (TPSA) is 63.5 Å². The highest BCUT2D eigenvalue weighted by Gasteiger charge is 2.35. The monoisotopic (exact) mass is 383 g/mol. The minimum absolute atomic E-state index is 0.0453. The number of hydrogen-bond acceptors (Lipinski definition) is 6. The minimum atomic E-state index is -0.163. The summed E-state index contributed by atoms with van der Waals surface area (Å²) in [5.74, 6) is 1.32. The maximum Gasteiger partial charge on any atom is 0.242 e. The number of amidine groups is 1. The summed E-state index contributed by atoms with van der Waals surface area (Å²) in [4.78, 5) is 14.1. The molecule has 0 aliphatic carbocycles. The molecule has 27 heavy (non-hydrogen) atoms. The Morgan fingerprint density at radius 3 is 2.56 bits per heavy atom. The average molecular weight is 383 g/mol. The first kappa shape index (κ1) is 19.0. The number of rotatable bonds is 6. The Hall–Kier alpha value is -2.80. The highest BCUT2D eigenvalue weighted by Crippen LogP contribution is 2.29. The van der Waals surface area contributed by atoms with Gasteiger partial charge in [-0.25, -0.2) is 0 Å². The number of carbonyl (C=O) groups is 1. The summed E-state index contributed by atoms with van der Waals surface area (Å²) in [6.07, 6.45) is 1.63. The van der Waals surface area contributed by atoms with Crippen LogP contribution < -0.4 is 9.47 Å². The Morgan fingerprint density at radius 1 is 1.11 bits per heavy atom. The van der Waals surface area contributed by atoms with Crippen LogP contribution in [0.4, 0.5) is 0 Å². The summed E-state index contributed by atoms with van der Waals surface area (Å²) >= 11 is 1.42. The van der Waals surface area contributed by atoms with Crippen LogP contribution in [0.1, 0.15) is 18.1 Å². The smallest absolute Gasteiger partial charge is 0.242 e. The first-order valence-electron chi connectivity index (χ1n) is 8.47. The number of carbonyl (C=O) groups excluding carboxylic acids is 1. The lowest BCUT2D eigenvalue weighted by atomic mass is 10.2. The van der Waals surface area contributed by atoms with Crippen LogP contribution in [0.2, 0.25) is 0 Å². The first-order valence-corrected chi connectivity index (χ1v) is 9.35. The molecular formula is C20H21N3O3S. The second-order valence-electron chi connectivity index (χ2n) is 5.91. The van der Waals surface area contributed by atoms with Crippen molar-refractivity contribution >= 4 is 29.1 Å². The van der Waals surface area contributed by atoms with Gasteiger partial charge in [0.25, 0.3) is 0 Å². The normalized spacial score (nSPS) is 18.5. The maximum absolute atomic E-state index is 12.4. The van der Waals surface area contributed by atoms with Crippen molar-refractivity contribution in [2.75, 3.05) is 14.2 Å². The fraction of sp³-hybridized carbons (Fsp3) is 0.250. The van der Waals surface area contributed by atoms with Crippen molar-refractivity contribution in [3.63, 3.8) is 0 Å². The molecule has 0 unspecified atom stereocenters. The van der Waals surface area contributed by atoms with Crippen molar-refractivity contribution in [1.82, 2.24) is 4.90 Å². The van der Waals surface area contributed by atoms with E-state index in [1.165, 1.54) is 11.8 Å². The molecule has 1 aliphatic rings. The Kier molecular flexibility index (Phi) is 6.13. The van der Waals surface area contributed by atoms with Crippen molar-refractivity contribution in [2.45, 2.75) is 18.7 Å². The SMILES string of the molecule is COc1ccc(/C=N\N=C2\S[C@H](C)C(=O)N2Cc2ccccc2)cc1OC. The van der Waals surface area contributed by atoms with E-state index in [9.17, 15) is 4.79 Å². The molecule has 0 aromatic heterocycles. The van der Waals surface area contributed by atoms with Crippen LogP contribution in [0.3, 0.4) is 0 Å². The van der Waals surface area contributed by atoms with Crippen LogP contribution in [0.15, 0.2) is 58.7 Å². The van der Waals surface area contributed by atoms with Crippen LogP contribution in [0.5, 0.6) is 11.5 Å². The number of methoxy groups -OCH3 is 2. The number of thioether (sulfide) groups is 1. The van der Waals surface area contributed by atoms with Gasteiger partial charge in [-0.2, -0.15) is 5.10 Å². The van der Waals surface area contributed by atoms with Crippen molar-refractivity contribution < 1.29 is 14.3 Å². The van der Waals surface area contributed by atoms with Gasteiger partial charge in [-0.1, -0.05) is 42.1 Å². The summed E-state index contributed by atoms with van der Waals surface area (Å²) in [6.45, 7) is 2.37. The zero-order valence-electron chi connectivity index (χ0n) is 15.5. The third-order valence-electron chi connectivity index (χ3n) is 4.07. The lowest BCUT2D eigenvalue weighted by Gasteiger charge is -2.15. The highest BCUT2D eigenvalue weighted by molar-refractivity contribution is 8.15. The molecule has 1 heterocycles. The fourth-order valence-electron chi connectivity index (χ4n) is 2.65. The van der Waals surface area contributed by atoms with E-state index in [1.807, 2.05) is 55.5 Å². The molecule has 0 radical (unpaired) electrons. The Balaban J connectivity index is 1.78. The Labute approximate surface area is 162 Å². The van der Waals surface area contributed by atoms with E-state index in [2.05, 4.69) is 10.2 Å². The molecule has 1 fully saturated rings. The van der Waals surface area contributed by atoms with Crippen LogP contribution >= 0.6 is 11.8 Å². The number of amides is 1. The molecule has 0 N–H and O–H groups in total. The van der Waals surface area contributed by atoms with Crippen molar-refractivity contribution in [1.29, 1.82) is 0 Å². The van der Waals surface area contributed by atoms with Gasteiger partial charge in [0.05, 0.1) is 32.2 Å². The third-order valence-corrected chi connectivity index (χ3v) is 5.14. The van der Waals surface area contributed by atoms with Crippen LogP contribution in [-0.4, -0.2) is 41.7 Å². The molecule has 2 aromatic rings. The van der Waals surface area contributed by atoms with E-state index in [0.29, 0.717) is 23.2 Å². The summed E-state index contributed by atoms with van der Waals surface area (Å²) in [5, 5.41) is 8.89. The third kappa shape index (κ3) is 4.49. The molecule has 3 rings (SSSR count). The number of benzene rings is 2. The van der Waals surface area contributed by atoms with Gasteiger partial charge in [0, 0.05) is 0 Å². The molecule has 140 valence electrons. The van der Waals surface area contributed by atoms with Gasteiger partial charge in [0.1, 0.15) is 0 Å². The predicted octanol–water partition coefficient (Wildman–Crippen LogP) is 3.56. The zero-order chi connectivity index (χ0) is 19.2. The van der Waals surface area contributed by atoms with Gasteiger partial charge in [-0.15, -0.1) is 5.10 Å². The van der Waals surface area contributed by atoms with E-state index in [4.69, 9.17) is 9.47 Å². The van der Waals surface area contributed by atoms with Gasteiger partial charge >= 0.3 is 0 Å². The van der Waals surface area contributed by atoms with Crippen LogP contribution in [0.25, 0.3) is 0 Å². The summed E-state index contributed by atoms with van der Waals surface area (Å²) in [5.41, 5.74) is 1.88. The van der Waals surface area contributed by atoms with Gasteiger partial charge in [-0.3, -0.25) is 9.69 Å². The predicted molar refractivity (Wildman–Crippen MR) is 109 cm³/mol. The number of nitrogens with zero attached hydrogens (tertiary/aromatic N) is 3. The fourth-order valence-corrected chi connectivity index (χ4v) is 3.57. The summed E-state index contributed by atoms with van der Waals surface area (Å²) in [6, 6.07) is 15.3. The summed E-state index contributed by atoms with van der Waals surface area (Å²) in [7, 11) is 3.18. The second kappa shape index (κ2) is 8.73. The molecule has 1 amide bonds. The van der Waals surface area contributed by atoms with Crippen LogP contribution in [-0.2, 0) is 11.3 Å². The van der Waals surface area contributed by atoms with Gasteiger partial charge in [0.15, 0.2) is 16.7 Å². The van der Waals surface area contributed by atoms with Gasteiger partial charge in [0.2, 0.25) is 5.91 Å². The Morgan fingerprint density at radius 2 is 1.85 bits per heavy atom. The molecule has 0 spiro atoms. The number of hydrogen-bond donors (Lipinski definition) is 0. The van der Waals surface area contributed by atoms with E-state index in [-0.39, 0.29) is 11.2 Å². The molecule has 7 heteroatoms. The average Bonchev–Trinajstić information content (AvgIpc) is 2.96. The lowest BCUT2D eigenvalue weighted by Crippen LogP contribution is -2.30. The minimum Gasteiger partial charge on any atom is -0.493 e. The first-order chi connectivity index (χ1) is 13.1. The quantitative estimate of drug-likeness (QED) is 0.565. The largest absolute Gasteiger partial charge is 0.493 e. The molecule has 1 aliphatic heterocycles. The van der Waals surface area contributed by atoms with Crippen molar-refractivity contribution in [3.8, 4) is 11.5 Å². The molecule has 1 saturated heterocycles. The van der Waals surface area contributed by atoms with E-state index in [0.717, 1.165) is 11.1 Å². The van der Waals surface area contributed by atoms with Crippen molar-refractivity contribution in [3.05, 3.63) is 59.7 Å².